The van der Waals surface area contributed by atoms with E-state index in [4.69, 9.17) is 10.5 Å². The normalized spacial score (nSPS) is 13.2. The highest BCUT2D eigenvalue weighted by Crippen LogP contribution is 2.38. The van der Waals surface area contributed by atoms with Crippen LogP contribution in [0.25, 0.3) is 15.7 Å². The molecule has 3 rings (SSSR count). The Bertz CT molecular complexity index is 783. The second-order valence-corrected chi connectivity index (χ2v) is 4.98. The van der Waals surface area contributed by atoms with E-state index in [0.29, 0.717) is 11.1 Å². The fourth-order valence-corrected chi connectivity index (χ4v) is 3.03. The van der Waals surface area contributed by atoms with Gasteiger partial charge in [0.25, 0.3) is 0 Å². The average Bonchev–Trinajstić information content (AvgIpc) is 2.95. The van der Waals surface area contributed by atoms with Gasteiger partial charge in [0.1, 0.15) is 17.7 Å². The molecule has 0 bridgehead atoms. The van der Waals surface area contributed by atoms with Gasteiger partial charge in [0.15, 0.2) is 5.78 Å². The van der Waals surface area contributed by atoms with Gasteiger partial charge in [-0.25, -0.2) is 0 Å². The fraction of sp³-hybridized carbons (Fsp3) is 0.0714. The molecule has 0 amide bonds. The number of Topliss-reactive ketones (excluding diaryl/α,β-unsaturated/α-hetero) is 1. The highest BCUT2D eigenvalue weighted by Gasteiger charge is 2.27. The van der Waals surface area contributed by atoms with Gasteiger partial charge in [-0.05, 0) is 40.1 Å². The third kappa shape index (κ3) is 1.37. The maximum Gasteiger partial charge on any atom is 0.167 e. The second kappa shape index (κ2) is 3.80. The molecule has 1 heterocycles. The van der Waals surface area contributed by atoms with Crippen LogP contribution in [0.4, 0.5) is 0 Å². The molecule has 0 atom stereocenters. The monoisotopic (exact) mass is 250 g/mol. The summed E-state index contributed by atoms with van der Waals surface area (Å²) in [7, 11) is 0. The molecule has 18 heavy (non-hydrogen) atoms. The van der Waals surface area contributed by atoms with Crippen LogP contribution in [-0.4, -0.2) is 5.78 Å². The summed E-state index contributed by atoms with van der Waals surface area (Å²) >= 11 is 1.58. The van der Waals surface area contributed by atoms with Gasteiger partial charge in [-0.1, -0.05) is 0 Å². The molecule has 2 aromatic rings. The van der Waals surface area contributed by atoms with Crippen molar-refractivity contribution >= 4 is 32.8 Å². The Morgan fingerprint density at radius 2 is 2.00 bits per heavy atom. The van der Waals surface area contributed by atoms with E-state index < -0.39 is 0 Å². The first-order valence-electron chi connectivity index (χ1n) is 5.32. The minimum absolute atomic E-state index is 0.0155. The topological polar surface area (TPSA) is 64.7 Å². The Morgan fingerprint density at radius 3 is 2.72 bits per heavy atom. The van der Waals surface area contributed by atoms with Crippen molar-refractivity contribution in [3.8, 4) is 12.1 Å². The number of hydrogen-bond donors (Lipinski definition) is 0. The molecule has 0 aliphatic heterocycles. The molecule has 84 valence electrons. The number of nitriles is 2. The molecule has 1 aliphatic rings. The van der Waals surface area contributed by atoms with Crippen molar-refractivity contribution in [2.75, 3.05) is 0 Å². The van der Waals surface area contributed by atoms with Crippen molar-refractivity contribution in [1.82, 2.24) is 0 Å². The Labute approximate surface area is 107 Å². The first-order chi connectivity index (χ1) is 8.74. The van der Waals surface area contributed by atoms with Gasteiger partial charge in [-0.2, -0.15) is 10.5 Å². The summed E-state index contributed by atoms with van der Waals surface area (Å²) in [5.74, 6) is -0.0155. The molecule has 1 aliphatic carbocycles. The molecule has 0 saturated carbocycles. The van der Waals surface area contributed by atoms with Crippen molar-refractivity contribution in [3.05, 3.63) is 40.3 Å². The van der Waals surface area contributed by atoms with Crippen LogP contribution in [0, 0.1) is 22.7 Å². The van der Waals surface area contributed by atoms with Crippen molar-refractivity contribution in [2.24, 2.45) is 0 Å². The number of rotatable bonds is 0. The number of fused-ring (bicyclic) bond motifs is 2. The number of ketones is 1. The van der Waals surface area contributed by atoms with Crippen molar-refractivity contribution < 1.29 is 4.79 Å². The number of carbonyl (C=O) groups excluding carboxylic acids is 1. The summed E-state index contributed by atoms with van der Waals surface area (Å²) in [4.78, 5) is 11.9. The molecular weight excluding hydrogens is 244 g/mol. The minimum Gasteiger partial charge on any atom is -0.294 e. The lowest BCUT2D eigenvalue weighted by molar-refractivity contribution is 0.100. The predicted molar refractivity (Wildman–Crippen MR) is 68.9 cm³/mol. The summed E-state index contributed by atoms with van der Waals surface area (Å²) in [5, 5.41) is 20.9. The minimum atomic E-state index is -0.0155. The number of nitrogens with zero attached hydrogens (tertiary/aromatic N) is 2. The van der Waals surface area contributed by atoms with Crippen LogP contribution < -0.4 is 0 Å². The zero-order valence-corrected chi connectivity index (χ0v) is 10.0. The average molecular weight is 250 g/mol. The third-order valence-corrected chi connectivity index (χ3v) is 3.96. The van der Waals surface area contributed by atoms with Gasteiger partial charge in [-0.15, -0.1) is 11.3 Å². The smallest absolute Gasteiger partial charge is 0.167 e. The van der Waals surface area contributed by atoms with Gasteiger partial charge in [-0.3, -0.25) is 4.79 Å². The van der Waals surface area contributed by atoms with Crippen molar-refractivity contribution in [3.63, 3.8) is 0 Å². The summed E-state index contributed by atoms with van der Waals surface area (Å²) in [5.41, 5.74) is 1.97. The van der Waals surface area contributed by atoms with Gasteiger partial charge in [0.2, 0.25) is 0 Å². The lowest BCUT2D eigenvalue weighted by Crippen LogP contribution is -1.89. The Hall–Kier alpha value is -2.43. The van der Waals surface area contributed by atoms with Crippen LogP contribution >= 0.6 is 11.3 Å². The summed E-state index contributed by atoms with van der Waals surface area (Å²) in [6, 6.07) is 9.46. The number of thiophene rings is 1. The fourth-order valence-electron chi connectivity index (χ4n) is 2.22. The molecule has 0 fully saturated rings. The quantitative estimate of drug-likeness (QED) is 0.674. The van der Waals surface area contributed by atoms with Crippen LogP contribution in [0.2, 0.25) is 0 Å². The predicted octanol–water partition coefficient (Wildman–Crippen LogP) is 3.29. The number of benzene rings is 1. The molecule has 3 nitrogen and oxygen atoms in total. The maximum absolute atomic E-state index is 11.9. The van der Waals surface area contributed by atoms with E-state index >= 15 is 0 Å². The van der Waals surface area contributed by atoms with E-state index in [1.807, 2.05) is 35.7 Å². The first kappa shape index (κ1) is 10.7. The Balaban J connectivity index is 2.37. The van der Waals surface area contributed by atoms with E-state index in [-0.39, 0.29) is 17.8 Å². The van der Waals surface area contributed by atoms with Crippen LogP contribution in [0.15, 0.2) is 29.2 Å². The highest BCUT2D eigenvalue weighted by atomic mass is 32.1. The van der Waals surface area contributed by atoms with Crippen LogP contribution in [0.3, 0.4) is 0 Å². The van der Waals surface area contributed by atoms with E-state index in [0.717, 1.165) is 15.6 Å². The van der Waals surface area contributed by atoms with Gasteiger partial charge < -0.3 is 0 Å². The van der Waals surface area contributed by atoms with Gasteiger partial charge >= 0.3 is 0 Å². The van der Waals surface area contributed by atoms with E-state index in [9.17, 15) is 4.79 Å². The largest absolute Gasteiger partial charge is 0.294 e. The third-order valence-electron chi connectivity index (χ3n) is 3.08. The zero-order chi connectivity index (χ0) is 12.7. The zero-order valence-electron chi connectivity index (χ0n) is 9.23. The second-order valence-electron chi connectivity index (χ2n) is 4.03. The number of carbonyl (C=O) groups is 1. The molecule has 0 saturated heterocycles. The SMILES string of the molecule is N#CC(C#N)=C1CC(=O)c2cc3sccc3cc21. The summed E-state index contributed by atoms with van der Waals surface area (Å²) in [6.45, 7) is 0. The van der Waals surface area contributed by atoms with Crippen LogP contribution in [0.1, 0.15) is 22.3 Å². The standard InChI is InChI=1S/C14H6N2OS/c15-6-9(7-16)10-4-13(17)12-5-14-8(1-2-18-14)3-11(10)12/h1-3,5H,4H2. The van der Waals surface area contributed by atoms with E-state index in [1.54, 1.807) is 11.3 Å². The molecule has 4 heteroatoms. The Kier molecular flexibility index (Phi) is 2.26. The molecule has 0 unspecified atom stereocenters. The Morgan fingerprint density at radius 1 is 1.22 bits per heavy atom. The van der Waals surface area contributed by atoms with Gasteiger partial charge in [0, 0.05) is 16.7 Å². The lowest BCUT2D eigenvalue weighted by atomic mass is 10.0. The van der Waals surface area contributed by atoms with E-state index in [1.165, 1.54) is 0 Å². The lowest BCUT2D eigenvalue weighted by Gasteiger charge is -2.00. The van der Waals surface area contributed by atoms with Crippen molar-refractivity contribution in [1.29, 1.82) is 10.5 Å². The molecular formula is C14H6N2OS. The van der Waals surface area contributed by atoms with Crippen LogP contribution in [0.5, 0.6) is 0 Å². The van der Waals surface area contributed by atoms with E-state index in [2.05, 4.69) is 0 Å². The van der Waals surface area contributed by atoms with Crippen molar-refractivity contribution in [2.45, 2.75) is 6.42 Å². The summed E-state index contributed by atoms with van der Waals surface area (Å²) in [6.07, 6.45) is 0.156. The molecule has 0 spiro atoms. The number of allylic oxidation sites excluding steroid dienone is 2. The molecule has 0 radical (unpaired) electrons. The molecule has 0 N–H and O–H groups in total. The molecule has 1 aromatic heterocycles. The summed E-state index contributed by atoms with van der Waals surface area (Å²) < 4.78 is 1.05. The first-order valence-corrected chi connectivity index (χ1v) is 6.20. The molecule has 1 aromatic carbocycles. The highest BCUT2D eigenvalue weighted by molar-refractivity contribution is 7.17. The maximum atomic E-state index is 11.9. The van der Waals surface area contributed by atoms with Crippen LogP contribution in [-0.2, 0) is 0 Å². The van der Waals surface area contributed by atoms with Gasteiger partial charge in [0.05, 0.1) is 0 Å². The number of hydrogen-bond acceptors (Lipinski definition) is 4.